The molecule has 2 aromatic heterocycles. The molecule has 0 fully saturated rings. The molecule has 2 heterocycles. The van der Waals surface area contributed by atoms with Gasteiger partial charge in [0.25, 0.3) is 0 Å². The number of amides is 1. The van der Waals surface area contributed by atoms with Crippen LogP contribution in [0.25, 0.3) is 10.6 Å². The average molecular weight is 409 g/mol. The molecule has 4 rings (SSSR count). The van der Waals surface area contributed by atoms with Gasteiger partial charge in [-0.15, -0.1) is 11.3 Å². The van der Waals surface area contributed by atoms with E-state index < -0.39 is 0 Å². The molecule has 5 nitrogen and oxygen atoms in total. The lowest BCUT2D eigenvalue weighted by atomic mass is 10.2. The van der Waals surface area contributed by atoms with Gasteiger partial charge in [-0.05, 0) is 11.6 Å². The van der Waals surface area contributed by atoms with E-state index in [1.54, 1.807) is 16.9 Å². The molecule has 1 amide bonds. The molecule has 28 heavy (non-hydrogen) atoms. The number of rotatable bonds is 6. The van der Waals surface area contributed by atoms with Crippen LogP contribution in [0.2, 0.25) is 5.02 Å². The van der Waals surface area contributed by atoms with Crippen molar-refractivity contribution >= 4 is 34.7 Å². The highest BCUT2D eigenvalue weighted by molar-refractivity contribution is 7.13. The van der Waals surface area contributed by atoms with Crippen molar-refractivity contribution in [2.45, 2.75) is 13.0 Å². The molecule has 7 heteroatoms. The van der Waals surface area contributed by atoms with Gasteiger partial charge in [0.15, 0.2) is 0 Å². The Labute approximate surface area is 171 Å². The first-order valence-corrected chi connectivity index (χ1v) is 10.00. The fourth-order valence-electron chi connectivity index (χ4n) is 2.81. The molecule has 0 saturated carbocycles. The molecule has 0 aliphatic rings. The van der Waals surface area contributed by atoms with Gasteiger partial charge in [0.1, 0.15) is 10.8 Å². The van der Waals surface area contributed by atoms with Gasteiger partial charge in [-0.3, -0.25) is 4.79 Å². The molecule has 1 N–H and O–H groups in total. The van der Waals surface area contributed by atoms with Crippen LogP contribution in [-0.4, -0.2) is 20.7 Å². The molecule has 4 aromatic rings. The third-order valence-electron chi connectivity index (χ3n) is 4.18. The van der Waals surface area contributed by atoms with Crippen LogP contribution in [0.15, 0.2) is 72.2 Å². The zero-order valence-electron chi connectivity index (χ0n) is 14.9. The quantitative estimate of drug-likeness (QED) is 0.494. The lowest BCUT2D eigenvalue weighted by molar-refractivity contribution is -0.115. The van der Waals surface area contributed by atoms with Crippen LogP contribution in [0.5, 0.6) is 0 Å². The molecule has 0 spiro atoms. The van der Waals surface area contributed by atoms with Gasteiger partial charge in [-0.2, -0.15) is 5.10 Å². The largest absolute Gasteiger partial charge is 0.311 e. The highest BCUT2D eigenvalue weighted by atomic mass is 35.5. The number of nitrogens with zero attached hydrogens (tertiary/aromatic N) is 3. The van der Waals surface area contributed by atoms with Crippen molar-refractivity contribution in [1.29, 1.82) is 0 Å². The van der Waals surface area contributed by atoms with E-state index in [2.05, 4.69) is 15.4 Å². The van der Waals surface area contributed by atoms with Crippen LogP contribution in [0.3, 0.4) is 0 Å². The summed E-state index contributed by atoms with van der Waals surface area (Å²) >= 11 is 7.76. The molecule has 0 aliphatic carbocycles. The van der Waals surface area contributed by atoms with Crippen molar-refractivity contribution in [1.82, 2.24) is 14.8 Å². The summed E-state index contributed by atoms with van der Waals surface area (Å²) in [6.45, 7) is 0.483. The van der Waals surface area contributed by atoms with E-state index in [0.29, 0.717) is 17.4 Å². The number of hydrogen-bond acceptors (Lipinski definition) is 4. The number of carbonyl (C=O) groups is 1. The standard InChI is InChI=1S/C21H17ClN4OS/c22-18-9-5-4-8-16(18)13-26-19(10-11-23-26)25-20(27)12-17-14-28-21(24-17)15-6-2-1-3-7-15/h1-11,14H,12-13H2,(H,25,27). The number of benzene rings is 2. The van der Waals surface area contributed by atoms with Gasteiger partial charge in [0, 0.05) is 22.0 Å². The Hall–Kier alpha value is -2.96. The first kappa shape index (κ1) is 18.4. The maximum Gasteiger partial charge on any atom is 0.231 e. The van der Waals surface area contributed by atoms with E-state index in [4.69, 9.17) is 11.6 Å². The number of anilines is 1. The third-order valence-corrected chi connectivity index (χ3v) is 5.49. The molecule has 0 aliphatic heterocycles. The van der Waals surface area contributed by atoms with Crippen LogP contribution in [0.4, 0.5) is 5.82 Å². The maximum absolute atomic E-state index is 12.5. The zero-order valence-corrected chi connectivity index (χ0v) is 16.5. The van der Waals surface area contributed by atoms with Crippen LogP contribution < -0.4 is 5.32 Å². The molecule has 0 atom stereocenters. The average Bonchev–Trinajstić information content (AvgIpc) is 3.34. The van der Waals surface area contributed by atoms with Crippen LogP contribution in [0, 0.1) is 0 Å². The van der Waals surface area contributed by atoms with E-state index in [0.717, 1.165) is 21.8 Å². The second-order valence-corrected chi connectivity index (χ2v) is 7.47. The minimum Gasteiger partial charge on any atom is -0.311 e. The van der Waals surface area contributed by atoms with E-state index in [-0.39, 0.29) is 12.3 Å². The van der Waals surface area contributed by atoms with Crippen LogP contribution in [0.1, 0.15) is 11.3 Å². The highest BCUT2D eigenvalue weighted by Gasteiger charge is 2.12. The Bertz CT molecular complexity index is 1090. The first-order valence-electron chi connectivity index (χ1n) is 8.74. The van der Waals surface area contributed by atoms with Gasteiger partial charge in [0.05, 0.1) is 24.9 Å². The Morgan fingerprint density at radius 3 is 2.68 bits per heavy atom. The lowest BCUT2D eigenvalue weighted by Gasteiger charge is -2.09. The monoisotopic (exact) mass is 408 g/mol. The number of halogens is 1. The maximum atomic E-state index is 12.5. The van der Waals surface area contributed by atoms with Crippen molar-refractivity contribution in [3.8, 4) is 10.6 Å². The zero-order chi connectivity index (χ0) is 19.3. The number of hydrogen-bond donors (Lipinski definition) is 1. The summed E-state index contributed by atoms with van der Waals surface area (Å²) in [7, 11) is 0. The van der Waals surface area contributed by atoms with Gasteiger partial charge < -0.3 is 5.32 Å². The van der Waals surface area contributed by atoms with Gasteiger partial charge in [-0.1, -0.05) is 60.1 Å². The van der Waals surface area contributed by atoms with E-state index in [1.807, 2.05) is 60.0 Å². The van der Waals surface area contributed by atoms with Gasteiger partial charge in [0.2, 0.25) is 5.91 Å². The van der Waals surface area contributed by atoms with E-state index >= 15 is 0 Å². The topological polar surface area (TPSA) is 59.8 Å². The summed E-state index contributed by atoms with van der Waals surface area (Å²) in [6.07, 6.45) is 1.86. The SMILES string of the molecule is O=C(Cc1csc(-c2ccccc2)n1)Nc1ccnn1Cc1ccccc1Cl. The molecule has 0 bridgehead atoms. The summed E-state index contributed by atoms with van der Waals surface area (Å²) in [4.78, 5) is 17.1. The van der Waals surface area contributed by atoms with Crippen LogP contribution in [-0.2, 0) is 17.8 Å². The number of thiazole rings is 1. The van der Waals surface area contributed by atoms with Gasteiger partial charge in [-0.25, -0.2) is 9.67 Å². The molecule has 2 aromatic carbocycles. The molecule has 0 unspecified atom stereocenters. The second-order valence-electron chi connectivity index (χ2n) is 6.20. The third kappa shape index (κ3) is 4.30. The van der Waals surface area contributed by atoms with Crippen molar-refractivity contribution in [3.63, 3.8) is 0 Å². The summed E-state index contributed by atoms with van der Waals surface area (Å²) in [5.74, 6) is 0.495. The van der Waals surface area contributed by atoms with Crippen molar-refractivity contribution in [2.75, 3.05) is 5.32 Å². The summed E-state index contributed by atoms with van der Waals surface area (Å²) in [5.41, 5.74) is 2.74. The molecule has 140 valence electrons. The van der Waals surface area contributed by atoms with E-state index in [1.165, 1.54) is 11.3 Å². The minimum absolute atomic E-state index is 0.133. The molecular weight excluding hydrogens is 392 g/mol. The smallest absolute Gasteiger partial charge is 0.231 e. The van der Waals surface area contributed by atoms with Gasteiger partial charge >= 0.3 is 0 Å². The van der Waals surface area contributed by atoms with Crippen molar-refractivity contribution in [2.24, 2.45) is 0 Å². The predicted molar refractivity (Wildman–Crippen MR) is 113 cm³/mol. The Balaban J connectivity index is 1.42. The highest BCUT2D eigenvalue weighted by Crippen LogP contribution is 2.24. The number of nitrogens with one attached hydrogen (secondary N) is 1. The number of aromatic nitrogens is 3. The summed E-state index contributed by atoms with van der Waals surface area (Å²) in [5, 5.41) is 10.7. The fourth-order valence-corrected chi connectivity index (χ4v) is 3.83. The fraction of sp³-hybridized carbons (Fsp3) is 0.0952. The normalized spacial score (nSPS) is 10.8. The summed E-state index contributed by atoms with van der Waals surface area (Å²) in [6, 6.07) is 19.3. The molecule has 0 saturated heterocycles. The van der Waals surface area contributed by atoms with E-state index in [9.17, 15) is 4.79 Å². The number of carbonyl (C=O) groups excluding carboxylic acids is 1. The lowest BCUT2D eigenvalue weighted by Crippen LogP contribution is -2.18. The van der Waals surface area contributed by atoms with Crippen molar-refractivity contribution in [3.05, 3.63) is 88.5 Å². The molecule has 0 radical (unpaired) electrons. The Kier molecular flexibility index (Phi) is 5.50. The first-order chi connectivity index (χ1) is 13.7. The predicted octanol–water partition coefficient (Wildman–Crippen LogP) is 4.89. The van der Waals surface area contributed by atoms with Crippen LogP contribution >= 0.6 is 22.9 Å². The summed E-state index contributed by atoms with van der Waals surface area (Å²) < 4.78 is 1.72. The Morgan fingerprint density at radius 1 is 1.07 bits per heavy atom. The second kappa shape index (κ2) is 8.37. The minimum atomic E-state index is -0.133. The Morgan fingerprint density at radius 2 is 1.86 bits per heavy atom. The molecular formula is C21H17ClN4OS. The van der Waals surface area contributed by atoms with Crippen molar-refractivity contribution < 1.29 is 4.79 Å².